The number of ether oxygens (including phenoxy) is 1. The van der Waals surface area contributed by atoms with Gasteiger partial charge in [0.25, 0.3) is 5.91 Å². The van der Waals surface area contributed by atoms with Crippen LogP contribution in [0.2, 0.25) is 0 Å². The van der Waals surface area contributed by atoms with E-state index in [1.165, 1.54) is 28.2 Å². The fraction of sp³-hybridized carbons (Fsp3) is 0.304. The van der Waals surface area contributed by atoms with Crippen LogP contribution in [0.15, 0.2) is 53.6 Å². The Bertz CT molecular complexity index is 1270. The lowest BCUT2D eigenvalue weighted by Gasteiger charge is -2.26. The Morgan fingerprint density at radius 2 is 1.71 bits per heavy atom. The predicted molar refractivity (Wildman–Crippen MR) is 117 cm³/mol. The highest BCUT2D eigenvalue weighted by atomic mass is 32.2. The first-order chi connectivity index (χ1) is 14.8. The van der Waals surface area contributed by atoms with Crippen LogP contribution in [0.3, 0.4) is 0 Å². The summed E-state index contributed by atoms with van der Waals surface area (Å²) in [5.41, 5.74) is 1.65. The average Bonchev–Trinajstić information content (AvgIpc) is 3.18. The summed E-state index contributed by atoms with van der Waals surface area (Å²) in [4.78, 5) is 25.7. The minimum atomic E-state index is -3.69. The topological polar surface area (TPSA) is 85.7 Å². The summed E-state index contributed by atoms with van der Waals surface area (Å²) in [6.07, 6.45) is 4.13. The van der Waals surface area contributed by atoms with Gasteiger partial charge in [0.2, 0.25) is 10.0 Å². The van der Waals surface area contributed by atoms with E-state index in [1.807, 2.05) is 0 Å². The zero-order chi connectivity index (χ0) is 22.2. The lowest BCUT2D eigenvalue weighted by Crippen LogP contribution is -2.36. The molecule has 162 valence electrons. The molecule has 0 radical (unpaired) electrons. The molecule has 1 saturated heterocycles. The van der Waals surface area contributed by atoms with Crippen LogP contribution in [0, 0.1) is 6.92 Å². The molecular formula is C23H24N2O5S. The van der Waals surface area contributed by atoms with Crippen molar-refractivity contribution in [1.82, 2.24) is 8.87 Å². The second-order valence-corrected chi connectivity index (χ2v) is 9.58. The Morgan fingerprint density at radius 1 is 1.00 bits per heavy atom. The van der Waals surface area contributed by atoms with Gasteiger partial charge in [-0.05, 0) is 43.5 Å². The summed E-state index contributed by atoms with van der Waals surface area (Å²) >= 11 is 0. The number of benzene rings is 2. The zero-order valence-electron chi connectivity index (χ0n) is 17.5. The third-order valence-corrected chi connectivity index (χ3v) is 7.74. The summed E-state index contributed by atoms with van der Waals surface area (Å²) in [5, 5.41) is 0.593. The van der Waals surface area contributed by atoms with Crippen molar-refractivity contribution in [2.75, 3.05) is 20.2 Å². The second kappa shape index (κ2) is 8.28. The highest BCUT2D eigenvalue weighted by molar-refractivity contribution is 7.89. The summed E-state index contributed by atoms with van der Waals surface area (Å²) in [7, 11) is -2.40. The van der Waals surface area contributed by atoms with Gasteiger partial charge in [0.1, 0.15) is 0 Å². The molecule has 0 aliphatic carbocycles. The number of para-hydroxylation sites is 1. The van der Waals surface area contributed by atoms with Crippen molar-refractivity contribution < 1.29 is 22.7 Å². The van der Waals surface area contributed by atoms with Gasteiger partial charge < -0.3 is 4.74 Å². The molecule has 31 heavy (non-hydrogen) atoms. The van der Waals surface area contributed by atoms with Crippen molar-refractivity contribution in [3.8, 4) is 0 Å². The molecule has 0 spiro atoms. The number of fused-ring (bicyclic) bond motifs is 1. The first-order valence-electron chi connectivity index (χ1n) is 10.2. The van der Waals surface area contributed by atoms with Gasteiger partial charge in [0, 0.05) is 30.2 Å². The third kappa shape index (κ3) is 3.77. The van der Waals surface area contributed by atoms with Crippen LogP contribution in [0.4, 0.5) is 0 Å². The molecule has 0 saturated carbocycles. The van der Waals surface area contributed by atoms with E-state index >= 15 is 0 Å². The maximum absolute atomic E-state index is 13.4. The average molecular weight is 441 g/mol. The van der Waals surface area contributed by atoms with Crippen molar-refractivity contribution in [3.05, 3.63) is 65.4 Å². The number of hydrogen-bond donors (Lipinski definition) is 0. The van der Waals surface area contributed by atoms with Gasteiger partial charge in [-0.25, -0.2) is 13.2 Å². The van der Waals surface area contributed by atoms with Crippen LogP contribution in [0.5, 0.6) is 0 Å². The number of hydrogen-bond acceptors (Lipinski definition) is 5. The molecule has 0 N–H and O–H groups in total. The number of methoxy groups -OCH3 is 1. The summed E-state index contributed by atoms with van der Waals surface area (Å²) in [5.74, 6) is -0.957. The quantitative estimate of drug-likeness (QED) is 0.579. The molecule has 0 atom stereocenters. The van der Waals surface area contributed by atoms with E-state index in [2.05, 4.69) is 0 Å². The summed E-state index contributed by atoms with van der Waals surface area (Å²) in [6, 6.07) is 11.7. The molecular weight excluding hydrogens is 416 g/mol. The van der Waals surface area contributed by atoms with E-state index < -0.39 is 21.9 Å². The van der Waals surface area contributed by atoms with Crippen molar-refractivity contribution in [1.29, 1.82) is 0 Å². The SMILES string of the molecule is COC(=O)c1cn(C(=O)c2ccc(C)c(S(=O)(=O)N3CCCCC3)c2)c2ccccc12. The molecule has 3 aromatic rings. The molecule has 7 nitrogen and oxygen atoms in total. The van der Waals surface area contributed by atoms with E-state index in [9.17, 15) is 18.0 Å². The van der Waals surface area contributed by atoms with E-state index in [0.717, 1.165) is 19.3 Å². The van der Waals surface area contributed by atoms with E-state index in [-0.39, 0.29) is 16.0 Å². The van der Waals surface area contributed by atoms with Gasteiger partial charge in [-0.3, -0.25) is 9.36 Å². The van der Waals surface area contributed by atoms with Gasteiger partial charge in [-0.1, -0.05) is 30.7 Å². The fourth-order valence-corrected chi connectivity index (χ4v) is 5.78. The normalized spacial score (nSPS) is 15.2. The maximum Gasteiger partial charge on any atom is 0.340 e. The molecule has 0 bridgehead atoms. The van der Waals surface area contributed by atoms with E-state index in [0.29, 0.717) is 29.6 Å². The van der Waals surface area contributed by atoms with Crippen molar-refractivity contribution in [2.45, 2.75) is 31.1 Å². The van der Waals surface area contributed by atoms with E-state index in [1.54, 1.807) is 43.3 Å². The maximum atomic E-state index is 13.4. The zero-order valence-corrected chi connectivity index (χ0v) is 18.3. The number of sulfonamides is 1. The smallest absolute Gasteiger partial charge is 0.340 e. The Kier molecular flexibility index (Phi) is 5.68. The number of esters is 1. The lowest BCUT2D eigenvalue weighted by molar-refractivity contribution is 0.0603. The van der Waals surface area contributed by atoms with Crippen molar-refractivity contribution in [3.63, 3.8) is 0 Å². The first kappa shape index (κ1) is 21.3. The highest BCUT2D eigenvalue weighted by Gasteiger charge is 2.28. The van der Waals surface area contributed by atoms with Crippen LogP contribution in [-0.4, -0.2) is 49.4 Å². The number of carbonyl (C=O) groups is 2. The Morgan fingerprint density at radius 3 is 2.42 bits per heavy atom. The van der Waals surface area contributed by atoms with E-state index in [4.69, 9.17) is 4.74 Å². The number of carbonyl (C=O) groups excluding carboxylic acids is 2. The van der Waals surface area contributed by atoms with Crippen LogP contribution in [0.25, 0.3) is 10.9 Å². The van der Waals surface area contributed by atoms with Gasteiger partial charge in [0.15, 0.2) is 0 Å². The third-order valence-electron chi connectivity index (χ3n) is 5.70. The van der Waals surface area contributed by atoms with Crippen molar-refractivity contribution >= 4 is 32.8 Å². The summed E-state index contributed by atoms with van der Waals surface area (Å²) in [6.45, 7) is 2.71. The molecule has 1 aromatic heterocycles. The Labute approximate surface area is 181 Å². The predicted octanol–water partition coefficient (Wildman–Crippen LogP) is 3.60. The van der Waals surface area contributed by atoms with Crippen LogP contribution < -0.4 is 0 Å². The molecule has 1 aliphatic rings. The molecule has 4 rings (SSSR count). The fourth-order valence-electron chi connectivity index (χ4n) is 4.01. The Hall–Kier alpha value is -2.97. The van der Waals surface area contributed by atoms with Crippen molar-refractivity contribution in [2.24, 2.45) is 0 Å². The van der Waals surface area contributed by atoms with Crippen LogP contribution in [-0.2, 0) is 14.8 Å². The number of aryl methyl sites for hydroxylation is 1. The molecule has 1 fully saturated rings. The lowest BCUT2D eigenvalue weighted by atomic mass is 10.1. The monoisotopic (exact) mass is 440 g/mol. The standard InChI is InChI=1S/C23H24N2O5S/c1-16-10-11-17(14-21(16)31(28,29)24-12-6-3-7-13-24)22(26)25-15-19(23(27)30-2)18-8-4-5-9-20(18)25/h4-5,8-11,14-15H,3,6-7,12-13H2,1-2H3. The van der Waals surface area contributed by atoms with Crippen LogP contribution in [0.1, 0.15) is 45.5 Å². The number of nitrogens with zero attached hydrogens (tertiary/aromatic N) is 2. The number of piperidine rings is 1. The minimum absolute atomic E-state index is 0.143. The highest BCUT2D eigenvalue weighted by Crippen LogP contribution is 2.27. The molecule has 0 unspecified atom stereocenters. The second-order valence-electron chi connectivity index (χ2n) is 7.67. The molecule has 2 aromatic carbocycles. The largest absolute Gasteiger partial charge is 0.465 e. The molecule has 1 aliphatic heterocycles. The Balaban J connectivity index is 1.79. The summed E-state index contributed by atoms with van der Waals surface area (Å²) < 4.78 is 34.1. The van der Waals surface area contributed by atoms with Gasteiger partial charge in [-0.15, -0.1) is 0 Å². The molecule has 8 heteroatoms. The van der Waals surface area contributed by atoms with Gasteiger partial charge in [0.05, 0.1) is 23.1 Å². The molecule has 0 amide bonds. The number of aromatic nitrogens is 1. The number of rotatable bonds is 4. The van der Waals surface area contributed by atoms with Gasteiger partial charge >= 0.3 is 5.97 Å². The minimum Gasteiger partial charge on any atom is -0.465 e. The first-order valence-corrected chi connectivity index (χ1v) is 11.6. The molecule has 2 heterocycles. The van der Waals surface area contributed by atoms with Gasteiger partial charge in [-0.2, -0.15) is 4.31 Å². The van der Waals surface area contributed by atoms with Crippen LogP contribution >= 0.6 is 0 Å².